The third-order valence-corrected chi connectivity index (χ3v) is 6.11. The highest BCUT2D eigenvalue weighted by molar-refractivity contribution is 7.90. The van der Waals surface area contributed by atoms with E-state index in [-0.39, 0.29) is 17.3 Å². The molecular formula is C21H18ClN5O3S. The molecule has 10 heteroatoms. The summed E-state index contributed by atoms with van der Waals surface area (Å²) in [4.78, 5) is 23.1. The van der Waals surface area contributed by atoms with Crippen molar-refractivity contribution in [3.05, 3.63) is 77.3 Å². The molecule has 1 aromatic carbocycles. The van der Waals surface area contributed by atoms with E-state index in [0.29, 0.717) is 16.2 Å². The van der Waals surface area contributed by atoms with Crippen LogP contribution in [-0.4, -0.2) is 40.3 Å². The Bertz CT molecular complexity index is 1390. The SMILES string of the molecule is Cn1ncc(N(Cc2ccc3ccc(Cl)nc3c2)C(=O)c2cccnc2)c1S(C)(=O)=O. The van der Waals surface area contributed by atoms with Crippen LogP contribution in [0.3, 0.4) is 0 Å². The van der Waals surface area contributed by atoms with Gasteiger partial charge in [0.2, 0.25) is 0 Å². The van der Waals surface area contributed by atoms with E-state index in [0.717, 1.165) is 17.2 Å². The second-order valence-corrected chi connectivity index (χ2v) is 9.34. The molecule has 0 unspecified atom stereocenters. The van der Waals surface area contributed by atoms with Crippen LogP contribution in [-0.2, 0) is 23.4 Å². The summed E-state index contributed by atoms with van der Waals surface area (Å²) in [6.07, 6.45) is 5.46. The molecule has 0 atom stereocenters. The fraction of sp³-hybridized carbons (Fsp3) is 0.143. The molecule has 0 N–H and O–H groups in total. The zero-order chi connectivity index (χ0) is 22.2. The van der Waals surface area contributed by atoms with Crippen LogP contribution in [0.4, 0.5) is 5.69 Å². The van der Waals surface area contributed by atoms with Gasteiger partial charge >= 0.3 is 0 Å². The van der Waals surface area contributed by atoms with E-state index in [2.05, 4.69) is 15.1 Å². The molecule has 0 aliphatic carbocycles. The first-order chi connectivity index (χ1) is 14.7. The van der Waals surface area contributed by atoms with Gasteiger partial charge in [-0.1, -0.05) is 23.7 Å². The number of amides is 1. The maximum absolute atomic E-state index is 13.4. The van der Waals surface area contributed by atoms with E-state index >= 15 is 0 Å². The Hall–Kier alpha value is -3.30. The van der Waals surface area contributed by atoms with Gasteiger partial charge in [0.15, 0.2) is 14.9 Å². The van der Waals surface area contributed by atoms with Gasteiger partial charge < -0.3 is 0 Å². The van der Waals surface area contributed by atoms with Crippen molar-refractivity contribution in [2.75, 3.05) is 11.2 Å². The number of aryl methyl sites for hydroxylation is 1. The molecule has 8 nitrogen and oxygen atoms in total. The van der Waals surface area contributed by atoms with Gasteiger partial charge in [0.05, 0.1) is 23.8 Å². The number of halogens is 1. The Labute approximate surface area is 184 Å². The van der Waals surface area contributed by atoms with E-state index < -0.39 is 15.7 Å². The Morgan fingerprint density at radius 1 is 1.16 bits per heavy atom. The Morgan fingerprint density at radius 2 is 1.94 bits per heavy atom. The van der Waals surface area contributed by atoms with Crippen molar-refractivity contribution in [2.45, 2.75) is 11.6 Å². The molecule has 4 aromatic rings. The Balaban J connectivity index is 1.83. The van der Waals surface area contributed by atoms with E-state index in [1.807, 2.05) is 24.3 Å². The fourth-order valence-corrected chi connectivity index (χ4v) is 4.58. The first-order valence-corrected chi connectivity index (χ1v) is 11.5. The van der Waals surface area contributed by atoms with Crippen molar-refractivity contribution in [1.82, 2.24) is 19.7 Å². The van der Waals surface area contributed by atoms with Gasteiger partial charge in [-0.15, -0.1) is 0 Å². The minimum absolute atomic E-state index is 0.0494. The van der Waals surface area contributed by atoms with Crippen LogP contribution in [0.25, 0.3) is 10.9 Å². The van der Waals surface area contributed by atoms with E-state index in [1.54, 1.807) is 24.4 Å². The van der Waals surface area contributed by atoms with Crippen molar-refractivity contribution >= 4 is 43.9 Å². The van der Waals surface area contributed by atoms with Crippen molar-refractivity contribution in [3.63, 3.8) is 0 Å². The lowest BCUT2D eigenvalue weighted by molar-refractivity contribution is 0.0984. The molecule has 0 saturated carbocycles. The molecule has 0 bridgehead atoms. The zero-order valence-electron chi connectivity index (χ0n) is 16.7. The highest BCUT2D eigenvalue weighted by atomic mass is 35.5. The number of benzene rings is 1. The van der Waals surface area contributed by atoms with E-state index in [1.165, 1.54) is 29.0 Å². The van der Waals surface area contributed by atoms with Crippen LogP contribution in [0.15, 0.2) is 66.1 Å². The van der Waals surface area contributed by atoms with Crippen molar-refractivity contribution < 1.29 is 13.2 Å². The van der Waals surface area contributed by atoms with Gasteiger partial charge in [-0.3, -0.25) is 19.4 Å². The number of rotatable bonds is 5. The number of carbonyl (C=O) groups excluding carboxylic acids is 1. The smallest absolute Gasteiger partial charge is 0.260 e. The highest BCUT2D eigenvalue weighted by Crippen LogP contribution is 2.28. The van der Waals surface area contributed by atoms with Gasteiger partial charge in [0.1, 0.15) is 10.8 Å². The number of carbonyl (C=O) groups is 1. The number of anilines is 1. The van der Waals surface area contributed by atoms with Gasteiger partial charge in [-0.05, 0) is 35.9 Å². The van der Waals surface area contributed by atoms with E-state index in [4.69, 9.17) is 11.6 Å². The monoisotopic (exact) mass is 455 g/mol. The molecule has 0 fully saturated rings. The minimum Gasteiger partial charge on any atom is -0.300 e. The van der Waals surface area contributed by atoms with Gasteiger partial charge in [0.25, 0.3) is 5.91 Å². The summed E-state index contributed by atoms with van der Waals surface area (Å²) >= 11 is 6.02. The summed E-state index contributed by atoms with van der Waals surface area (Å²) in [6.45, 7) is 0.103. The van der Waals surface area contributed by atoms with Crippen LogP contribution in [0.2, 0.25) is 5.15 Å². The summed E-state index contributed by atoms with van der Waals surface area (Å²) < 4.78 is 26.1. The maximum atomic E-state index is 13.4. The maximum Gasteiger partial charge on any atom is 0.260 e. The number of sulfone groups is 1. The summed E-state index contributed by atoms with van der Waals surface area (Å²) in [6, 6.07) is 12.4. The van der Waals surface area contributed by atoms with Crippen LogP contribution >= 0.6 is 11.6 Å². The van der Waals surface area contributed by atoms with Crippen LogP contribution in [0.5, 0.6) is 0 Å². The second-order valence-electron chi connectivity index (χ2n) is 7.02. The lowest BCUT2D eigenvalue weighted by atomic mass is 10.1. The number of hydrogen-bond donors (Lipinski definition) is 0. The largest absolute Gasteiger partial charge is 0.300 e. The summed E-state index contributed by atoms with van der Waals surface area (Å²) in [5.74, 6) is -0.398. The van der Waals surface area contributed by atoms with Crippen molar-refractivity contribution in [3.8, 4) is 0 Å². The predicted molar refractivity (Wildman–Crippen MR) is 118 cm³/mol. The third-order valence-electron chi connectivity index (χ3n) is 4.73. The highest BCUT2D eigenvalue weighted by Gasteiger charge is 2.28. The molecule has 1 amide bonds. The van der Waals surface area contributed by atoms with Gasteiger partial charge in [-0.25, -0.2) is 13.4 Å². The second kappa shape index (κ2) is 8.09. The topological polar surface area (TPSA) is 98.1 Å². The zero-order valence-corrected chi connectivity index (χ0v) is 18.3. The molecule has 0 aliphatic heterocycles. The van der Waals surface area contributed by atoms with Crippen LogP contribution in [0, 0.1) is 0 Å². The molecule has 4 rings (SSSR count). The molecule has 3 aromatic heterocycles. The summed E-state index contributed by atoms with van der Waals surface area (Å²) in [5.41, 5.74) is 1.95. The molecular weight excluding hydrogens is 438 g/mol. The molecule has 3 heterocycles. The van der Waals surface area contributed by atoms with Crippen molar-refractivity contribution in [1.29, 1.82) is 0 Å². The first kappa shape index (κ1) is 21.0. The van der Waals surface area contributed by atoms with Crippen LogP contribution in [0.1, 0.15) is 15.9 Å². The average molecular weight is 456 g/mol. The minimum atomic E-state index is -3.65. The predicted octanol–water partition coefficient (Wildman–Crippen LogP) is 3.27. The number of hydrogen-bond acceptors (Lipinski definition) is 6. The molecule has 0 radical (unpaired) electrons. The first-order valence-electron chi connectivity index (χ1n) is 9.23. The van der Waals surface area contributed by atoms with Gasteiger partial charge in [0, 0.05) is 31.1 Å². The Kier molecular flexibility index (Phi) is 5.47. The Morgan fingerprint density at radius 3 is 2.65 bits per heavy atom. The normalized spacial score (nSPS) is 11.6. The number of fused-ring (bicyclic) bond motifs is 1. The number of aromatic nitrogens is 4. The number of pyridine rings is 2. The number of nitrogens with zero attached hydrogens (tertiary/aromatic N) is 5. The van der Waals surface area contributed by atoms with Gasteiger partial charge in [-0.2, -0.15) is 5.10 Å². The standard InChI is InChI=1S/C21H18ClN5O3S/c1-26-21(31(2,29)30)18(12-24-26)27(20(28)16-4-3-9-23-11-16)13-14-5-6-15-7-8-19(22)25-17(15)10-14/h3-12H,13H2,1-2H3. The lowest BCUT2D eigenvalue weighted by Crippen LogP contribution is -2.31. The summed E-state index contributed by atoms with van der Waals surface area (Å²) in [5, 5.41) is 5.29. The fourth-order valence-electron chi connectivity index (χ4n) is 3.36. The third kappa shape index (κ3) is 4.28. The summed E-state index contributed by atoms with van der Waals surface area (Å²) in [7, 11) is -2.13. The lowest BCUT2D eigenvalue weighted by Gasteiger charge is -2.23. The molecule has 158 valence electrons. The average Bonchev–Trinajstić information content (AvgIpc) is 3.13. The molecule has 0 aliphatic rings. The van der Waals surface area contributed by atoms with Crippen molar-refractivity contribution in [2.24, 2.45) is 7.05 Å². The quantitative estimate of drug-likeness (QED) is 0.428. The molecule has 0 saturated heterocycles. The van der Waals surface area contributed by atoms with Crippen LogP contribution < -0.4 is 4.90 Å². The van der Waals surface area contributed by atoms with E-state index in [9.17, 15) is 13.2 Å². The molecule has 31 heavy (non-hydrogen) atoms. The molecule has 0 spiro atoms.